The molecular formula is C13H12O3S. The smallest absolute Gasteiger partial charge is 0.186 e. The van der Waals surface area contributed by atoms with Gasteiger partial charge in [0.25, 0.3) is 0 Å². The lowest BCUT2D eigenvalue weighted by molar-refractivity contribution is -0.109. The highest BCUT2D eigenvalue weighted by atomic mass is 32.2. The third kappa shape index (κ3) is 4.00. The van der Waals surface area contributed by atoms with E-state index in [1.807, 2.05) is 0 Å². The fourth-order valence-corrected chi connectivity index (χ4v) is 1.76. The molecule has 0 saturated carbocycles. The molecule has 4 heteroatoms. The minimum atomic E-state index is 0.0360. The number of hydrogen-bond donors (Lipinski definition) is 0. The maximum atomic E-state index is 10.8. The van der Waals surface area contributed by atoms with Crippen LogP contribution >= 0.6 is 11.8 Å². The van der Waals surface area contributed by atoms with Crippen molar-refractivity contribution >= 4 is 35.5 Å². The van der Waals surface area contributed by atoms with E-state index < -0.39 is 0 Å². The number of carbonyl (C=O) groups is 3. The third-order valence-electron chi connectivity index (χ3n) is 2.09. The Bertz CT molecular complexity index is 437. The summed E-state index contributed by atoms with van der Waals surface area (Å²) in [5, 5.41) is 0.0360. The summed E-state index contributed by atoms with van der Waals surface area (Å²) < 4.78 is 0. The lowest BCUT2D eigenvalue weighted by Crippen LogP contribution is -1.93. The van der Waals surface area contributed by atoms with E-state index in [2.05, 4.69) is 0 Å². The Hall–Kier alpha value is -1.68. The first-order chi connectivity index (χ1) is 8.19. The number of aldehydes is 2. The summed E-state index contributed by atoms with van der Waals surface area (Å²) in [7, 11) is 0. The molecule has 0 aliphatic carbocycles. The maximum Gasteiger partial charge on any atom is 0.186 e. The van der Waals surface area contributed by atoms with E-state index in [9.17, 15) is 14.4 Å². The monoisotopic (exact) mass is 248 g/mol. The molecule has 0 N–H and O–H groups in total. The molecule has 0 atom stereocenters. The van der Waals surface area contributed by atoms with Crippen LogP contribution in [0.15, 0.2) is 24.3 Å². The summed E-state index contributed by atoms with van der Waals surface area (Å²) in [5.41, 5.74) is 1.54. The summed E-state index contributed by atoms with van der Waals surface area (Å²) in [6, 6.07) is 4.96. The lowest BCUT2D eigenvalue weighted by atomic mass is 10.0. The first-order valence-corrected chi connectivity index (χ1v) is 6.01. The van der Waals surface area contributed by atoms with E-state index in [0.29, 0.717) is 35.0 Å². The van der Waals surface area contributed by atoms with Gasteiger partial charge >= 0.3 is 0 Å². The molecule has 17 heavy (non-hydrogen) atoms. The van der Waals surface area contributed by atoms with Crippen LogP contribution in [0.5, 0.6) is 0 Å². The fourth-order valence-electron chi connectivity index (χ4n) is 1.33. The van der Waals surface area contributed by atoms with Crippen molar-refractivity contribution in [1.82, 2.24) is 0 Å². The van der Waals surface area contributed by atoms with Gasteiger partial charge in [0, 0.05) is 23.8 Å². The average molecular weight is 248 g/mol. The van der Waals surface area contributed by atoms with E-state index >= 15 is 0 Å². The Kier molecular flexibility index (Phi) is 5.36. The van der Waals surface area contributed by atoms with Crippen molar-refractivity contribution < 1.29 is 14.4 Å². The molecular weight excluding hydrogens is 236 g/mol. The molecule has 1 aromatic carbocycles. The first-order valence-electron chi connectivity index (χ1n) is 5.02. The normalized spacial score (nSPS) is 10.4. The van der Waals surface area contributed by atoms with Gasteiger partial charge in [-0.3, -0.25) is 14.4 Å². The number of carbonyl (C=O) groups excluding carboxylic acids is 3. The Morgan fingerprint density at radius 3 is 2.29 bits per heavy atom. The van der Waals surface area contributed by atoms with Gasteiger partial charge in [-0.15, -0.1) is 0 Å². The third-order valence-corrected chi connectivity index (χ3v) is 2.86. The van der Waals surface area contributed by atoms with Gasteiger partial charge in [0.2, 0.25) is 0 Å². The Labute approximate surface area is 104 Å². The Balaban J connectivity index is 2.91. The van der Waals surface area contributed by atoms with Crippen LogP contribution in [0.4, 0.5) is 0 Å². The highest BCUT2D eigenvalue weighted by molar-refractivity contribution is 8.13. The molecule has 1 aromatic rings. The van der Waals surface area contributed by atoms with E-state index in [1.54, 1.807) is 30.4 Å². The second kappa shape index (κ2) is 6.81. The molecule has 0 fully saturated rings. The predicted octanol–water partition coefficient (Wildman–Crippen LogP) is 2.60. The molecule has 0 radical (unpaired) electrons. The highest BCUT2D eigenvalue weighted by Gasteiger charge is 2.03. The van der Waals surface area contributed by atoms with Gasteiger partial charge < -0.3 is 0 Å². The molecule has 0 amide bonds. The average Bonchev–Trinajstić information content (AvgIpc) is 2.34. The van der Waals surface area contributed by atoms with Crippen LogP contribution in [0.1, 0.15) is 33.2 Å². The van der Waals surface area contributed by atoms with Crippen molar-refractivity contribution in [1.29, 1.82) is 0 Å². The van der Waals surface area contributed by atoms with Crippen molar-refractivity contribution in [2.75, 3.05) is 5.75 Å². The van der Waals surface area contributed by atoms with Crippen LogP contribution in [-0.2, 0) is 4.79 Å². The zero-order chi connectivity index (χ0) is 12.7. The van der Waals surface area contributed by atoms with Crippen LogP contribution in [0.2, 0.25) is 0 Å². The van der Waals surface area contributed by atoms with Crippen LogP contribution in [0.3, 0.4) is 0 Å². The van der Waals surface area contributed by atoms with Gasteiger partial charge in [0.15, 0.2) is 17.7 Å². The van der Waals surface area contributed by atoms with Gasteiger partial charge in [0.05, 0.1) is 0 Å². The molecule has 0 aliphatic rings. The van der Waals surface area contributed by atoms with Gasteiger partial charge in [-0.25, -0.2) is 0 Å². The van der Waals surface area contributed by atoms with Crippen molar-refractivity contribution in [3.8, 4) is 0 Å². The number of thioether (sulfide) groups is 1. The summed E-state index contributed by atoms with van der Waals surface area (Å²) >= 11 is 1.18. The molecule has 0 bridgehead atoms. The zero-order valence-electron chi connectivity index (χ0n) is 9.38. The predicted molar refractivity (Wildman–Crippen MR) is 69.4 cm³/mol. The zero-order valence-corrected chi connectivity index (χ0v) is 10.2. The fraction of sp³-hybridized carbons (Fsp3) is 0.154. The molecule has 0 heterocycles. The second-order valence-corrected chi connectivity index (χ2v) is 4.49. The van der Waals surface area contributed by atoms with Gasteiger partial charge in [-0.2, -0.15) is 0 Å². The van der Waals surface area contributed by atoms with Crippen LogP contribution in [0.25, 0.3) is 6.08 Å². The molecule has 0 aromatic heterocycles. The van der Waals surface area contributed by atoms with Gasteiger partial charge in [-0.05, 0) is 5.56 Å². The number of hydrogen-bond acceptors (Lipinski definition) is 4. The largest absolute Gasteiger partial charge is 0.298 e. The highest BCUT2D eigenvalue weighted by Crippen LogP contribution is 2.14. The lowest BCUT2D eigenvalue weighted by Gasteiger charge is -2.02. The van der Waals surface area contributed by atoms with E-state index in [1.165, 1.54) is 18.7 Å². The van der Waals surface area contributed by atoms with Crippen molar-refractivity contribution in [2.45, 2.75) is 6.92 Å². The summed E-state index contributed by atoms with van der Waals surface area (Å²) in [6.45, 7) is 1.49. The van der Waals surface area contributed by atoms with Crippen LogP contribution in [-0.4, -0.2) is 23.4 Å². The summed E-state index contributed by atoms with van der Waals surface area (Å²) in [4.78, 5) is 32.4. The Morgan fingerprint density at radius 2 is 1.82 bits per heavy atom. The first kappa shape index (κ1) is 13.4. The van der Waals surface area contributed by atoms with Crippen molar-refractivity contribution in [3.05, 3.63) is 41.0 Å². The standard InChI is InChI=1S/C13H12O3S/c1-10(16)17-7-3-6-13-11(8-14)4-2-5-12(13)9-15/h2-6,8-9H,7H2,1H3. The van der Waals surface area contributed by atoms with Gasteiger partial charge in [0.1, 0.15) is 0 Å². The van der Waals surface area contributed by atoms with E-state index in [4.69, 9.17) is 0 Å². The second-order valence-electron chi connectivity index (χ2n) is 3.29. The van der Waals surface area contributed by atoms with Crippen molar-refractivity contribution in [2.24, 2.45) is 0 Å². The topological polar surface area (TPSA) is 51.2 Å². The van der Waals surface area contributed by atoms with Gasteiger partial charge in [-0.1, -0.05) is 42.1 Å². The summed E-state index contributed by atoms with van der Waals surface area (Å²) in [5.74, 6) is 0.529. The maximum absolute atomic E-state index is 10.8. The van der Waals surface area contributed by atoms with Crippen LogP contribution < -0.4 is 0 Å². The van der Waals surface area contributed by atoms with E-state index in [0.717, 1.165) is 0 Å². The number of rotatable bonds is 5. The number of benzene rings is 1. The molecule has 0 unspecified atom stereocenters. The molecule has 88 valence electrons. The Morgan fingerprint density at radius 1 is 1.24 bits per heavy atom. The summed E-state index contributed by atoms with van der Waals surface area (Å²) in [6.07, 6.45) is 4.89. The molecule has 0 saturated heterocycles. The van der Waals surface area contributed by atoms with Crippen LogP contribution in [0, 0.1) is 0 Å². The molecule has 1 rings (SSSR count). The molecule has 0 spiro atoms. The quantitative estimate of drug-likeness (QED) is 0.751. The minimum Gasteiger partial charge on any atom is -0.298 e. The minimum absolute atomic E-state index is 0.0360. The SMILES string of the molecule is CC(=O)SCC=Cc1c(C=O)cccc1C=O. The molecule has 3 nitrogen and oxygen atoms in total. The van der Waals surface area contributed by atoms with E-state index in [-0.39, 0.29) is 5.12 Å². The molecule has 0 aliphatic heterocycles. The van der Waals surface area contributed by atoms with Crippen molar-refractivity contribution in [3.63, 3.8) is 0 Å².